The molecule has 0 spiro atoms. The second kappa shape index (κ2) is 13.3. The average molecular weight is 559 g/mol. The summed E-state index contributed by atoms with van der Waals surface area (Å²) in [5, 5.41) is 3.82. The molecule has 34 heavy (non-hydrogen) atoms. The summed E-state index contributed by atoms with van der Waals surface area (Å²) in [6.45, 7) is 3.64. The van der Waals surface area contributed by atoms with E-state index >= 15 is 0 Å². The topological polar surface area (TPSA) is 40.0 Å². The van der Waals surface area contributed by atoms with Crippen LogP contribution in [-0.4, -0.2) is 31.2 Å². The summed E-state index contributed by atoms with van der Waals surface area (Å²) >= 11 is 23.5. The van der Waals surface area contributed by atoms with Crippen LogP contribution in [-0.2, 0) is 11.3 Å². The lowest BCUT2D eigenvalue weighted by molar-refractivity contribution is -0.0626. The molecule has 0 aromatic heterocycles. The minimum atomic E-state index is -4.63. The monoisotopic (exact) mass is 557 g/mol. The molecule has 0 bridgehead atoms. The fourth-order valence-electron chi connectivity index (χ4n) is 2.66. The predicted octanol–water partition coefficient (Wildman–Crippen LogP) is 8.39. The van der Waals surface area contributed by atoms with E-state index in [1.54, 1.807) is 38.1 Å². The Morgan fingerprint density at radius 3 is 2.18 bits per heavy atom. The number of ether oxygens (including phenoxy) is 2. The Hall–Kier alpha value is -1.80. The molecule has 0 amide bonds. The van der Waals surface area contributed by atoms with Crippen molar-refractivity contribution in [3.63, 3.8) is 0 Å². The van der Waals surface area contributed by atoms with Gasteiger partial charge in [-0.05, 0) is 38.3 Å². The van der Waals surface area contributed by atoms with Crippen LogP contribution in [0.5, 0.6) is 11.5 Å². The van der Waals surface area contributed by atoms with Crippen molar-refractivity contribution >= 4 is 52.1 Å². The number of oxime groups is 1. The SMILES string of the molecule is CC(C)ON=C(c1ccc(CCCOc2c(Cl)cc(OCC=C(Cl)Cl)cc2Cl)cc1)C(F)(F)F. The van der Waals surface area contributed by atoms with E-state index in [9.17, 15) is 13.2 Å². The largest absolute Gasteiger partial charge is 0.490 e. The quantitative estimate of drug-likeness (QED) is 0.158. The lowest BCUT2D eigenvalue weighted by Gasteiger charge is -2.13. The van der Waals surface area contributed by atoms with E-state index in [-0.39, 0.29) is 26.7 Å². The van der Waals surface area contributed by atoms with Crippen molar-refractivity contribution in [3.05, 3.63) is 68.1 Å². The molecule has 2 aromatic rings. The first-order valence-corrected chi connectivity index (χ1v) is 11.6. The molecule has 0 radical (unpaired) electrons. The summed E-state index contributed by atoms with van der Waals surface area (Å²) in [4.78, 5) is 4.80. The van der Waals surface area contributed by atoms with Gasteiger partial charge in [0.1, 0.15) is 23.0 Å². The van der Waals surface area contributed by atoms with Crippen LogP contribution >= 0.6 is 46.4 Å². The number of alkyl halides is 3. The first kappa shape index (κ1) is 28.4. The molecule has 0 fully saturated rings. The van der Waals surface area contributed by atoms with Gasteiger partial charge in [0.2, 0.25) is 0 Å². The molecule has 0 saturated heterocycles. The molecule has 0 saturated carbocycles. The molecule has 0 aliphatic carbocycles. The van der Waals surface area contributed by atoms with Crippen LogP contribution in [0.2, 0.25) is 10.0 Å². The lowest BCUT2D eigenvalue weighted by Crippen LogP contribution is -2.25. The zero-order valence-corrected chi connectivity index (χ0v) is 21.3. The molecule has 186 valence electrons. The van der Waals surface area contributed by atoms with Gasteiger partial charge >= 0.3 is 6.18 Å². The Labute approximate surface area is 216 Å². The molecule has 0 heterocycles. The van der Waals surface area contributed by atoms with Gasteiger partial charge in [-0.25, -0.2) is 0 Å². The smallest absolute Gasteiger partial charge is 0.437 e. The van der Waals surface area contributed by atoms with Gasteiger partial charge in [-0.3, -0.25) is 0 Å². The fraction of sp³-hybridized carbons (Fsp3) is 0.348. The van der Waals surface area contributed by atoms with Crippen LogP contribution in [0.15, 0.2) is 52.1 Å². The van der Waals surface area contributed by atoms with Crippen molar-refractivity contribution in [1.29, 1.82) is 0 Å². The first-order chi connectivity index (χ1) is 16.0. The predicted molar refractivity (Wildman–Crippen MR) is 131 cm³/mol. The fourth-order valence-corrected chi connectivity index (χ4v) is 3.37. The van der Waals surface area contributed by atoms with Gasteiger partial charge in [0.25, 0.3) is 0 Å². The summed E-state index contributed by atoms with van der Waals surface area (Å²) in [5.74, 6) is 0.738. The Balaban J connectivity index is 1.93. The van der Waals surface area contributed by atoms with Gasteiger partial charge in [0.05, 0.1) is 16.7 Å². The van der Waals surface area contributed by atoms with Gasteiger partial charge in [-0.1, -0.05) is 75.8 Å². The third-order valence-electron chi connectivity index (χ3n) is 4.17. The van der Waals surface area contributed by atoms with Crippen LogP contribution < -0.4 is 9.47 Å². The van der Waals surface area contributed by atoms with Crippen LogP contribution in [0.1, 0.15) is 31.4 Å². The molecule has 2 rings (SSSR count). The number of halogens is 7. The highest BCUT2D eigenvalue weighted by Crippen LogP contribution is 2.37. The maximum atomic E-state index is 13.3. The third kappa shape index (κ3) is 9.45. The average Bonchev–Trinajstić information content (AvgIpc) is 2.72. The van der Waals surface area contributed by atoms with Crippen molar-refractivity contribution in [2.45, 2.75) is 39.0 Å². The number of benzene rings is 2. The highest BCUT2D eigenvalue weighted by atomic mass is 35.5. The summed E-state index contributed by atoms with van der Waals surface area (Å²) in [5.41, 5.74) is -0.307. The second-order valence-corrected chi connectivity index (χ2v) is 9.08. The van der Waals surface area contributed by atoms with E-state index in [0.29, 0.717) is 30.9 Å². The molecule has 0 aliphatic rings. The second-order valence-electron chi connectivity index (χ2n) is 7.26. The first-order valence-electron chi connectivity index (χ1n) is 10.1. The minimum absolute atomic E-state index is 0.0715. The van der Waals surface area contributed by atoms with Crippen LogP contribution in [0, 0.1) is 0 Å². The summed E-state index contributed by atoms with van der Waals surface area (Å²) in [7, 11) is 0. The standard InChI is InChI=1S/C23H22Cl4F3NO3/c1-14(2)34-31-22(23(28,29)30)16-7-5-15(6-8-16)4-3-10-33-21-18(24)12-17(13-19(21)25)32-11-9-20(26)27/h5-9,12-14H,3-4,10-11H2,1-2H3. The number of rotatable bonds is 11. The van der Waals surface area contributed by atoms with Gasteiger partial charge in [0, 0.05) is 17.7 Å². The van der Waals surface area contributed by atoms with Crippen molar-refractivity contribution in [3.8, 4) is 11.5 Å². The maximum Gasteiger partial charge on any atom is 0.437 e. The Morgan fingerprint density at radius 1 is 1.03 bits per heavy atom. The molecule has 2 aromatic carbocycles. The van der Waals surface area contributed by atoms with E-state index in [0.717, 1.165) is 5.56 Å². The van der Waals surface area contributed by atoms with E-state index in [1.807, 2.05) is 0 Å². The summed E-state index contributed by atoms with van der Waals surface area (Å²) < 4.78 is 51.0. The highest BCUT2D eigenvalue weighted by molar-refractivity contribution is 6.55. The van der Waals surface area contributed by atoms with Crippen LogP contribution in [0.4, 0.5) is 13.2 Å². The van der Waals surface area contributed by atoms with Gasteiger partial charge in [-0.2, -0.15) is 13.2 Å². The number of aryl methyl sites for hydroxylation is 1. The van der Waals surface area contributed by atoms with Crippen molar-refractivity contribution in [2.75, 3.05) is 13.2 Å². The van der Waals surface area contributed by atoms with Gasteiger partial charge in [0.15, 0.2) is 11.5 Å². The van der Waals surface area contributed by atoms with E-state index < -0.39 is 18.0 Å². The molecule has 0 unspecified atom stereocenters. The molecule has 0 atom stereocenters. The molecular weight excluding hydrogens is 537 g/mol. The van der Waals surface area contributed by atoms with Crippen molar-refractivity contribution in [2.24, 2.45) is 5.16 Å². The summed E-state index contributed by atoms with van der Waals surface area (Å²) in [6, 6.07) is 9.07. The molecule has 11 heteroatoms. The molecular formula is C23H22Cl4F3NO3. The lowest BCUT2D eigenvalue weighted by atomic mass is 10.0. The van der Waals surface area contributed by atoms with Crippen molar-refractivity contribution < 1.29 is 27.5 Å². The normalized spacial score (nSPS) is 12.0. The molecule has 0 aliphatic heterocycles. The van der Waals surface area contributed by atoms with Crippen LogP contribution in [0.3, 0.4) is 0 Å². The Morgan fingerprint density at radius 2 is 1.65 bits per heavy atom. The number of nitrogens with zero attached hydrogens (tertiary/aromatic N) is 1. The summed E-state index contributed by atoms with van der Waals surface area (Å²) in [6.07, 6.45) is -2.46. The highest BCUT2D eigenvalue weighted by Gasteiger charge is 2.38. The van der Waals surface area contributed by atoms with E-state index in [1.165, 1.54) is 18.2 Å². The Bertz CT molecular complexity index is 983. The Kier molecular flexibility index (Phi) is 11.2. The van der Waals surface area contributed by atoms with E-state index in [4.69, 9.17) is 60.7 Å². The van der Waals surface area contributed by atoms with E-state index in [2.05, 4.69) is 5.16 Å². The zero-order chi connectivity index (χ0) is 25.3. The zero-order valence-electron chi connectivity index (χ0n) is 18.3. The molecule has 4 nitrogen and oxygen atoms in total. The molecule has 0 N–H and O–H groups in total. The minimum Gasteiger partial charge on any atom is -0.490 e. The maximum absolute atomic E-state index is 13.3. The van der Waals surface area contributed by atoms with Gasteiger partial charge in [-0.15, -0.1) is 0 Å². The van der Waals surface area contributed by atoms with Gasteiger partial charge < -0.3 is 14.3 Å². The number of hydrogen-bond acceptors (Lipinski definition) is 4. The number of hydrogen-bond donors (Lipinski definition) is 0. The van der Waals surface area contributed by atoms with Crippen LogP contribution in [0.25, 0.3) is 0 Å². The third-order valence-corrected chi connectivity index (χ3v) is 5.04. The van der Waals surface area contributed by atoms with Crippen molar-refractivity contribution in [1.82, 2.24) is 0 Å².